The Kier molecular flexibility index (Phi) is 10.7. The summed E-state index contributed by atoms with van der Waals surface area (Å²) in [6, 6.07) is 0. The minimum Gasteiger partial charge on any atom is -0.549 e. The van der Waals surface area contributed by atoms with Crippen molar-refractivity contribution in [2.45, 2.75) is 42.4 Å². The number of methoxy groups -OCH3 is 1. The average molecular weight is 334 g/mol. The van der Waals surface area contributed by atoms with Crippen LogP contribution in [0.1, 0.15) is 6.42 Å². The first-order valence-electron chi connectivity index (χ1n) is 6.08. The van der Waals surface area contributed by atoms with Gasteiger partial charge in [0.25, 0.3) is 0 Å². The van der Waals surface area contributed by atoms with E-state index in [1.165, 1.54) is 7.11 Å². The summed E-state index contributed by atoms with van der Waals surface area (Å²) in [4.78, 5) is 10.8. The molecule has 1 heterocycles. The van der Waals surface area contributed by atoms with E-state index in [0.717, 1.165) is 11.8 Å². The molecule has 0 spiro atoms. The molecule has 0 bridgehead atoms. The van der Waals surface area contributed by atoms with E-state index >= 15 is 0 Å². The first kappa shape index (κ1) is 21.6. The Bertz CT molecular complexity index is 319. The van der Waals surface area contributed by atoms with E-state index < -0.39 is 41.9 Å². The van der Waals surface area contributed by atoms with E-state index in [9.17, 15) is 25.2 Å². The number of rotatable bonds is 7. The molecule has 1 unspecified atom stereocenters. The van der Waals surface area contributed by atoms with Gasteiger partial charge in [-0.05, 0) is 6.42 Å². The Morgan fingerprint density at radius 2 is 1.95 bits per heavy atom. The Labute approximate surface area is 148 Å². The third kappa shape index (κ3) is 5.94. The summed E-state index contributed by atoms with van der Waals surface area (Å²) in [6.45, 7) is -0.304. The van der Waals surface area contributed by atoms with E-state index in [4.69, 9.17) is 14.6 Å². The van der Waals surface area contributed by atoms with Crippen molar-refractivity contribution in [1.29, 1.82) is 0 Å². The van der Waals surface area contributed by atoms with Gasteiger partial charge in [-0.2, -0.15) is 0 Å². The molecule has 1 saturated heterocycles. The number of carboxylic acid groups (broad SMARTS) is 1. The summed E-state index contributed by atoms with van der Waals surface area (Å²) >= 11 is 0.925. The fourth-order valence-corrected chi connectivity index (χ4v) is 2.95. The average Bonchev–Trinajstić information content (AvgIpc) is 2.42. The smallest absolute Gasteiger partial charge is 0.549 e. The molecule has 8 nitrogen and oxygen atoms in total. The van der Waals surface area contributed by atoms with Gasteiger partial charge in [-0.15, -0.1) is 11.8 Å². The SMILES string of the molecule is CO[C@@H]1O[C@H](CSC(CCO)C(=O)[O-])[C@@H](O)[C@H](O)[C@H]1O.[Na+]. The van der Waals surface area contributed by atoms with E-state index in [1.807, 2.05) is 0 Å². The first-order valence-corrected chi connectivity index (χ1v) is 7.13. The van der Waals surface area contributed by atoms with Crippen LogP contribution in [0.3, 0.4) is 0 Å². The molecule has 0 aliphatic carbocycles. The van der Waals surface area contributed by atoms with Crippen LogP contribution < -0.4 is 34.7 Å². The fourth-order valence-electron chi connectivity index (χ4n) is 1.85. The number of aliphatic hydroxyl groups is 4. The van der Waals surface area contributed by atoms with Crippen molar-refractivity contribution in [2.24, 2.45) is 0 Å². The van der Waals surface area contributed by atoms with Gasteiger partial charge >= 0.3 is 29.6 Å². The molecule has 21 heavy (non-hydrogen) atoms. The predicted octanol–water partition coefficient (Wildman–Crippen LogP) is -6.32. The molecule has 1 aliphatic heterocycles. The molecule has 0 amide bonds. The summed E-state index contributed by atoms with van der Waals surface area (Å²) in [5, 5.41) is 47.6. The summed E-state index contributed by atoms with van der Waals surface area (Å²) in [5.74, 6) is -1.28. The zero-order valence-electron chi connectivity index (χ0n) is 11.9. The van der Waals surface area contributed by atoms with E-state index in [1.54, 1.807) is 0 Å². The van der Waals surface area contributed by atoms with Gasteiger partial charge in [0.1, 0.15) is 18.3 Å². The van der Waals surface area contributed by atoms with Gasteiger partial charge in [0.15, 0.2) is 6.29 Å². The van der Waals surface area contributed by atoms with Crippen molar-refractivity contribution >= 4 is 17.7 Å². The Hall–Kier alpha value is 0.580. The van der Waals surface area contributed by atoms with E-state index in [-0.39, 0.29) is 48.3 Å². The third-order valence-corrected chi connectivity index (χ3v) is 4.37. The zero-order chi connectivity index (χ0) is 15.3. The van der Waals surface area contributed by atoms with E-state index in [0.29, 0.717) is 0 Å². The number of carbonyl (C=O) groups excluding carboxylic acids is 1. The largest absolute Gasteiger partial charge is 1.00 e. The van der Waals surface area contributed by atoms with Crippen molar-refractivity contribution in [3.63, 3.8) is 0 Å². The van der Waals surface area contributed by atoms with Crippen molar-refractivity contribution < 1.29 is 69.4 Å². The molecule has 10 heteroatoms. The third-order valence-electron chi connectivity index (χ3n) is 3.02. The van der Waals surface area contributed by atoms with Crippen LogP contribution in [0.4, 0.5) is 0 Å². The monoisotopic (exact) mass is 334 g/mol. The van der Waals surface area contributed by atoms with Gasteiger partial charge in [-0.1, -0.05) is 0 Å². The van der Waals surface area contributed by atoms with Crippen LogP contribution >= 0.6 is 11.8 Å². The number of carbonyl (C=O) groups is 1. The number of ether oxygens (including phenoxy) is 2. The number of aliphatic carboxylic acids is 1. The van der Waals surface area contributed by atoms with Crippen LogP contribution in [0.2, 0.25) is 0 Å². The molecule has 1 aliphatic rings. The Balaban J connectivity index is 0.00000400. The van der Waals surface area contributed by atoms with Crippen LogP contribution in [0.25, 0.3) is 0 Å². The summed E-state index contributed by atoms with van der Waals surface area (Å²) in [7, 11) is 1.28. The zero-order valence-corrected chi connectivity index (χ0v) is 14.7. The number of hydrogen-bond donors (Lipinski definition) is 4. The molecule has 0 radical (unpaired) electrons. The van der Waals surface area contributed by atoms with Crippen molar-refractivity contribution in [3.05, 3.63) is 0 Å². The molecule has 0 aromatic heterocycles. The van der Waals surface area contributed by atoms with Crippen LogP contribution in [0.5, 0.6) is 0 Å². The van der Waals surface area contributed by atoms with Crippen LogP contribution in [0, 0.1) is 0 Å². The molecule has 6 atom stereocenters. The van der Waals surface area contributed by atoms with Crippen molar-refractivity contribution in [2.75, 3.05) is 19.5 Å². The minimum atomic E-state index is -1.45. The number of hydrogen-bond acceptors (Lipinski definition) is 9. The Morgan fingerprint density at radius 3 is 2.43 bits per heavy atom. The maximum absolute atomic E-state index is 10.8. The summed E-state index contributed by atoms with van der Waals surface area (Å²) in [5.41, 5.74) is 0. The van der Waals surface area contributed by atoms with E-state index in [2.05, 4.69) is 0 Å². The quantitative estimate of drug-likeness (QED) is 0.335. The molecule has 1 fully saturated rings. The molecular weight excluding hydrogens is 315 g/mol. The van der Waals surface area contributed by atoms with Gasteiger partial charge in [0.2, 0.25) is 0 Å². The molecule has 1 rings (SSSR count). The molecule has 118 valence electrons. The van der Waals surface area contributed by atoms with Gasteiger partial charge in [0.05, 0.1) is 12.1 Å². The number of carboxylic acids is 1. The van der Waals surface area contributed by atoms with Crippen molar-refractivity contribution in [1.82, 2.24) is 0 Å². The summed E-state index contributed by atoms with van der Waals surface area (Å²) < 4.78 is 10.1. The molecular formula is C11H19NaO8S. The number of thioether (sulfide) groups is 1. The van der Waals surface area contributed by atoms with Gasteiger partial charge in [-0.25, -0.2) is 0 Å². The van der Waals surface area contributed by atoms with Gasteiger partial charge in [-0.3, -0.25) is 0 Å². The molecule has 0 aromatic rings. The number of aliphatic hydroxyl groups excluding tert-OH is 4. The fraction of sp³-hybridized carbons (Fsp3) is 0.909. The second-order valence-electron chi connectivity index (χ2n) is 4.40. The topological polar surface area (TPSA) is 140 Å². The van der Waals surface area contributed by atoms with Crippen molar-refractivity contribution in [3.8, 4) is 0 Å². The normalized spacial score (nSPS) is 34.0. The second-order valence-corrected chi connectivity index (χ2v) is 5.64. The standard InChI is InChI=1S/C11H20O8S.Na/c1-18-11-9(15)8(14)7(13)5(19-11)4-20-6(2-3-12)10(16)17;/h5-9,11-15H,2-4H2,1H3,(H,16,17);/q;+1/p-1/t5-,6?,7-,8+,9-,11-;/m1./s1. The van der Waals surface area contributed by atoms with Gasteiger partial charge < -0.3 is 39.8 Å². The maximum Gasteiger partial charge on any atom is 1.00 e. The maximum atomic E-state index is 10.8. The minimum absolute atomic E-state index is 0. The van der Waals surface area contributed by atoms with Crippen LogP contribution in [-0.4, -0.2) is 81.8 Å². The summed E-state index contributed by atoms with van der Waals surface area (Å²) in [6.07, 6.45) is -6.18. The van der Waals surface area contributed by atoms with Gasteiger partial charge in [0, 0.05) is 24.7 Å². The molecule has 0 aromatic carbocycles. The van der Waals surface area contributed by atoms with Crippen LogP contribution in [0.15, 0.2) is 0 Å². The molecule has 4 N–H and O–H groups in total. The molecule has 0 saturated carbocycles. The predicted molar refractivity (Wildman–Crippen MR) is 66.6 cm³/mol. The Morgan fingerprint density at radius 1 is 1.33 bits per heavy atom. The second kappa shape index (κ2) is 10.4. The first-order chi connectivity index (χ1) is 9.42. The van der Waals surface area contributed by atoms with Crippen LogP contribution in [-0.2, 0) is 14.3 Å².